The molecule has 2 nitrogen and oxygen atoms in total. The maximum Gasteiger partial charge on any atom is 0.118 e. The number of para-hydroxylation sites is 2. The van der Waals surface area contributed by atoms with Crippen molar-refractivity contribution >= 4 is 33.5 Å². The Labute approximate surface area is 197 Å². The van der Waals surface area contributed by atoms with Crippen molar-refractivity contribution in [3.63, 3.8) is 0 Å². The average Bonchev–Trinajstić information content (AvgIpc) is 3.40. The minimum Gasteiger partial charge on any atom is -0.318 e. The molecule has 4 aromatic carbocycles. The largest absolute Gasteiger partial charge is 0.318 e. The molecule has 2 heterocycles. The first-order chi connectivity index (χ1) is 16.2. The molecule has 166 valence electrons. The molecule has 7 rings (SSSR count). The second-order valence-corrected chi connectivity index (χ2v) is 9.67. The van der Waals surface area contributed by atoms with Crippen molar-refractivity contribution in [1.82, 2.24) is 0 Å². The quantitative estimate of drug-likeness (QED) is 0.313. The van der Waals surface area contributed by atoms with Gasteiger partial charge in [0.1, 0.15) is 6.17 Å². The van der Waals surface area contributed by atoms with E-state index in [1.807, 2.05) is 13.8 Å². The Hall–Kier alpha value is -3.26. The Morgan fingerprint density at radius 2 is 1.30 bits per heavy atom. The summed E-state index contributed by atoms with van der Waals surface area (Å²) in [6.07, 6.45) is 2.72. The van der Waals surface area contributed by atoms with Crippen LogP contribution in [0.25, 0.3) is 10.8 Å². The summed E-state index contributed by atoms with van der Waals surface area (Å²) < 4.78 is 0. The molecule has 0 spiro atoms. The summed E-state index contributed by atoms with van der Waals surface area (Å²) in [6, 6.07) is 33.7. The van der Waals surface area contributed by atoms with Crippen LogP contribution in [-0.4, -0.2) is 6.17 Å². The first-order valence-electron chi connectivity index (χ1n) is 12.4. The fourth-order valence-electron chi connectivity index (χ4n) is 6.78. The topological polar surface area (TPSA) is 6.48 Å². The SMILES string of the molecule is CC.CCC12CC1(C)c1ccccc1N1c3cc4ccccc4cc3N(c3ccccc3)C12. The highest BCUT2D eigenvalue weighted by atomic mass is 15.5. The molecule has 2 heteroatoms. The van der Waals surface area contributed by atoms with Gasteiger partial charge in [0.15, 0.2) is 0 Å². The first kappa shape index (κ1) is 20.4. The lowest BCUT2D eigenvalue weighted by Crippen LogP contribution is -2.51. The highest BCUT2D eigenvalue weighted by molar-refractivity contribution is 6.00. The fourth-order valence-corrected chi connectivity index (χ4v) is 6.78. The lowest BCUT2D eigenvalue weighted by atomic mass is 9.78. The lowest BCUT2D eigenvalue weighted by Gasteiger charge is -2.46. The van der Waals surface area contributed by atoms with Crippen LogP contribution in [0.5, 0.6) is 0 Å². The Kier molecular flexibility index (Phi) is 4.39. The van der Waals surface area contributed by atoms with E-state index in [9.17, 15) is 0 Å². The third kappa shape index (κ3) is 2.50. The zero-order chi connectivity index (χ0) is 22.8. The standard InChI is InChI=1S/C29H26N2.C2H6/c1-3-29-19-28(29,2)23-15-9-10-16-24(23)31-26-18-21-12-8-7-11-20(21)17-25(26)30(27(29)31)22-13-5-4-6-14-22;1-2/h4-18,27H,3,19H2,1-2H3;1-2H3. The van der Waals surface area contributed by atoms with Crippen LogP contribution < -0.4 is 9.80 Å². The van der Waals surface area contributed by atoms with E-state index in [2.05, 4.69) is 115 Å². The molecular weight excluding hydrogens is 400 g/mol. The van der Waals surface area contributed by atoms with E-state index in [0.717, 1.165) is 0 Å². The number of rotatable bonds is 2. The van der Waals surface area contributed by atoms with Gasteiger partial charge in [0, 0.05) is 22.2 Å². The van der Waals surface area contributed by atoms with Gasteiger partial charge in [-0.25, -0.2) is 0 Å². The monoisotopic (exact) mass is 432 g/mol. The molecule has 3 unspecified atom stereocenters. The molecule has 2 aliphatic heterocycles. The minimum atomic E-state index is 0.230. The molecule has 1 aliphatic carbocycles. The average molecular weight is 433 g/mol. The predicted octanol–water partition coefficient (Wildman–Crippen LogP) is 8.55. The summed E-state index contributed by atoms with van der Waals surface area (Å²) >= 11 is 0. The van der Waals surface area contributed by atoms with Crippen LogP contribution in [0.15, 0.2) is 91.0 Å². The van der Waals surface area contributed by atoms with Crippen molar-refractivity contribution in [2.24, 2.45) is 5.41 Å². The van der Waals surface area contributed by atoms with Crippen LogP contribution in [0.2, 0.25) is 0 Å². The van der Waals surface area contributed by atoms with E-state index in [0.29, 0.717) is 6.17 Å². The highest BCUT2D eigenvalue weighted by Gasteiger charge is 2.74. The van der Waals surface area contributed by atoms with Crippen LogP contribution in [0.1, 0.15) is 46.1 Å². The molecule has 0 amide bonds. The van der Waals surface area contributed by atoms with Gasteiger partial charge in [0.2, 0.25) is 0 Å². The molecule has 3 atom stereocenters. The van der Waals surface area contributed by atoms with Gasteiger partial charge in [-0.05, 0) is 59.5 Å². The molecular formula is C31H32N2. The summed E-state index contributed by atoms with van der Waals surface area (Å²) in [5.41, 5.74) is 7.31. The predicted molar refractivity (Wildman–Crippen MR) is 141 cm³/mol. The molecule has 3 aliphatic rings. The fraction of sp³-hybridized carbons (Fsp3) is 0.290. The molecule has 0 radical (unpaired) electrons. The Morgan fingerprint density at radius 1 is 0.727 bits per heavy atom. The van der Waals surface area contributed by atoms with Crippen molar-refractivity contribution in [2.45, 2.75) is 52.1 Å². The van der Waals surface area contributed by atoms with E-state index in [1.165, 1.54) is 51.9 Å². The van der Waals surface area contributed by atoms with E-state index >= 15 is 0 Å². The van der Waals surface area contributed by atoms with Gasteiger partial charge in [-0.1, -0.05) is 88.4 Å². The lowest BCUT2D eigenvalue weighted by molar-refractivity contribution is 0.328. The third-order valence-electron chi connectivity index (χ3n) is 8.41. The number of anilines is 4. The van der Waals surface area contributed by atoms with Gasteiger partial charge in [-0.2, -0.15) is 0 Å². The van der Waals surface area contributed by atoms with Gasteiger partial charge >= 0.3 is 0 Å². The number of nitrogens with zero attached hydrogens (tertiary/aromatic N) is 2. The molecule has 0 N–H and O–H groups in total. The van der Waals surface area contributed by atoms with Crippen LogP contribution in [-0.2, 0) is 5.41 Å². The van der Waals surface area contributed by atoms with Crippen LogP contribution in [0, 0.1) is 5.41 Å². The number of fused-ring (bicyclic) bond motifs is 9. The van der Waals surface area contributed by atoms with Crippen molar-refractivity contribution in [2.75, 3.05) is 9.80 Å². The smallest absolute Gasteiger partial charge is 0.118 e. The molecule has 1 fully saturated rings. The first-order valence-corrected chi connectivity index (χ1v) is 12.4. The summed E-state index contributed by atoms with van der Waals surface area (Å²) in [6.45, 7) is 8.88. The second kappa shape index (κ2) is 7.12. The van der Waals surface area contributed by atoms with E-state index in [-0.39, 0.29) is 10.8 Å². The Balaban J connectivity index is 0.00000101. The maximum absolute atomic E-state index is 2.66. The van der Waals surface area contributed by atoms with Gasteiger partial charge in [-0.3, -0.25) is 0 Å². The highest BCUT2D eigenvalue weighted by Crippen LogP contribution is 2.76. The maximum atomic E-state index is 2.66. The molecule has 1 saturated carbocycles. The zero-order valence-corrected chi connectivity index (χ0v) is 20.0. The molecule has 4 aromatic rings. The van der Waals surface area contributed by atoms with Crippen molar-refractivity contribution in [3.05, 3.63) is 96.6 Å². The molecule has 0 bridgehead atoms. The van der Waals surface area contributed by atoms with Crippen LogP contribution >= 0.6 is 0 Å². The van der Waals surface area contributed by atoms with Crippen LogP contribution in [0.4, 0.5) is 22.7 Å². The Bertz CT molecular complexity index is 1340. The second-order valence-electron chi connectivity index (χ2n) is 9.67. The summed E-state index contributed by atoms with van der Waals surface area (Å²) in [4.78, 5) is 5.29. The van der Waals surface area contributed by atoms with E-state index in [1.54, 1.807) is 0 Å². The molecule has 33 heavy (non-hydrogen) atoms. The minimum absolute atomic E-state index is 0.230. The summed E-state index contributed by atoms with van der Waals surface area (Å²) in [5, 5.41) is 2.61. The molecule has 0 saturated heterocycles. The van der Waals surface area contributed by atoms with Gasteiger partial charge < -0.3 is 9.80 Å². The summed E-state index contributed by atoms with van der Waals surface area (Å²) in [7, 11) is 0. The van der Waals surface area contributed by atoms with Gasteiger partial charge in [0.25, 0.3) is 0 Å². The number of benzene rings is 4. The number of hydrogen-bond donors (Lipinski definition) is 0. The zero-order valence-electron chi connectivity index (χ0n) is 20.0. The molecule has 0 aromatic heterocycles. The van der Waals surface area contributed by atoms with Crippen LogP contribution in [0.3, 0.4) is 0 Å². The van der Waals surface area contributed by atoms with Gasteiger partial charge in [-0.15, -0.1) is 0 Å². The summed E-state index contributed by atoms with van der Waals surface area (Å²) in [5.74, 6) is 0. The van der Waals surface area contributed by atoms with Crippen molar-refractivity contribution in [3.8, 4) is 0 Å². The van der Waals surface area contributed by atoms with E-state index < -0.39 is 0 Å². The normalized spacial score (nSPS) is 26.0. The van der Waals surface area contributed by atoms with Crippen molar-refractivity contribution < 1.29 is 0 Å². The van der Waals surface area contributed by atoms with Crippen molar-refractivity contribution in [1.29, 1.82) is 0 Å². The Morgan fingerprint density at radius 3 is 1.97 bits per heavy atom. The van der Waals surface area contributed by atoms with E-state index in [4.69, 9.17) is 0 Å². The third-order valence-corrected chi connectivity index (χ3v) is 8.41. The van der Waals surface area contributed by atoms with Gasteiger partial charge in [0.05, 0.1) is 11.4 Å². The number of hydrogen-bond acceptors (Lipinski definition) is 2.